The third-order valence-corrected chi connectivity index (χ3v) is 23.7. The van der Waals surface area contributed by atoms with Gasteiger partial charge in [-0.05, 0) is 0 Å². The van der Waals surface area contributed by atoms with Crippen molar-refractivity contribution in [2.24, 2.45) is 0 Å². The van der Waals surface area contributed by atoms with Crippen molar-refractivity contribution in [3.05, 3.63) is 108 Å². The van der Waals surface area contributed by atoms with Crippen LogP contribution in [-0.2, 0) is 22.9 Å². The van der Waals surface area contributed by atoms with Crippen LogP contribution in [0.3, 0.4) is 0 Å². The van der Waals surface area contributed by atoms with E-state index in [-0.39, 0.29) is 11.8 Å². The predicted octanol–water partition coefficient (Wildman–Crippen LogP) is 8.88. The molecule has 1 aliphatic rings. The molecule has 0 N–H and O–H groups in total. The SMILES string of the molecule is CCCCCCCN1C(=O)[CH]([Sn]([CH2]c2ccccc2)([CH2]c2ccccc2)[CH2]c2ccccc2)C(=O)N(CCCCCCC)C1=O. The van der Waals surface area contributed by atoms with Crippen LogP contribution in [0.5, 0.6) is 0 Å². The molecule has 45 heavy (non-hydrogen) atoms. The van der Waals surface area contributed by atoms with Gasteiger partial charge in [0.2, 0.25) is 0 Å². The van der Waals surface area contributed by atoms with E-state index >= 15 is 0 Å². The van der Waals surface area contributed by atoms with Crippen LogP contribution in [0.1, 0.15) is 94.7 Å². The second kappa shape index (κ2) is 18.3. The fourth-order valence-electron chi connectivity index (χ4n) is 6.93. The first kappa shape index (κ1) is 34.9. The van der Waals surface area contributed by atoms with Gasteiger partial charge in [0.25, 0.3) is 0 Å². The Morgan fingerprint density at radius 2 is 0.822 bits per heavy atom. The van der Waals surface area contributed by atoms with Crippen LogP contribution in [0.2, 0.25) is 3.93 Å². The Bertz CT molecular complexity index is 1190. The van der Waals surface area contributed by atoms with Gasteiger partial charge in [-0.25, -0.2) is 0 Å². The number of carbonyl (C=O) groups is 3. The average molecular weight is 716 g/mol. The summed E-state index contributed by atoms with van der Waals surface area (Å²) in [5, 5.41) is 0. The number of benzene rings is 3. The summed E-state index contributed by atoms with van der Waals surface area (Å²) >= 11 is -4.00. The number of carbonyl (C=O) groups excluding carboxylic acids is 3. The third kappa shape index (κ3) is 9.78. The molecule has 0 aliphatic carbocycles. The first-order valence-electron chi connectivity index (χ1n) is 17.3. The molecule has 0 atom stereocenters. The van der Waals surface area contributed by atoms with E-state index in [4.69, 9.17) is 0 Å². The number of imide groups is 2. The zero-order valence-electron chi connectivity index (χ0n) is 27.5. The Labute approximate surface area is 275 Å². The Kier molecular flexibility index (Phi) is 14.2. The second-order valence-electron chi connectivity index (χ2n) is 12.9. The Morgan fingerprint density at radius 1 is 0.489 bits per heavy atom. The molecule has 1 heterocycles. The van der Waals surface area contributed by atoms with Crippen LogP contribution in [-0.4, -0.2) is 59.1 Å². The molecule has 5 nitrogen and oxygen atoms in total. The maximum absolute atomic E-state index is 14.8. The molecule has 3 aromatic carbocycles. The molecule has 1 aliphatic heterocycles. The van der Waals surface area contributed by atoms with E-state index in [9.17, 15) is 14.4 Å². The van der Waals surface area contributed by atoms with Crippen molar-refractivity contribution in [3.63, 3.8) is 0 Å². The molecule has 3 aromatic rings. The van der Waals surface area contributed by atoms with E-state index in [0.717, 1.165) is 77.5 Å². The number of hydrogen-bond donors (Lipinski definition) is 0. The van der Waals surface area contributed by atoms with Gasteiger partial charge in [0.15, 0.2) is 0 Å². The summed E-state index contributed by atoms with van der Waals surface area (Å²) in [7, 11) is 0. The normalized spacial score (nSPS) is 14.4. The van der Waals surface area contributed by atoms with E-state index in [1.165, 1.54) is 26.5 Å². The number of rotatable bonds is 19. The Balaban J connectivity index is 1.79. The van der Waals surface area contributed by atoms with Crippen molar-refractivity contribution in [1.29, 1.82) is 0 Å². The van der Waals surface area contributed by atoms with Crippen LogP contribution in [0.25, 0.3) is 0 Å². The predicted molar refractivity (Wildman–Crippen MR) is 186 cm³/mol. The average Bonchev–Trinajstić information content (AvgIpc) is 3.05. The molecule has 1 fully saturated rings. The van der Waals surface area contributed by atoms with Crippen molar-refractivity contribution < 1.29 is 14.4 Å². The summed E-state index contributed by atoms with van der Waals surface area (Å²) < 4.78 is 1.50. The molecule has 240 valence electrons. The first-order valence-corrected chi connectivity index (χ1v) is 25.0. The van der Waals surface area contributed by atoms with Crippen LogP contribution in [0.15, 0.2) is 91.0 Å². The summed E-state index contributed by atoms with van der Waals surface area (Å²) in [6.07, 6.45) is 10.3. The van der Waals surface area contributed by atoms with Crippen LogP contribution >= 0.6 is 0 Å². The van der Waals surface area contributed by atoms with E-state index in [2.05, 4.69) is 86.6 Å². The van der Waals surface area contributed by atoms with Gasteiger partial charge in [0.1, 0.15) is 0 Å². The number of hydrogen-bond acceptors (Lipinski definition) is 3. The summed E-state index contributed by atoms with van der Waals surface area (Å²) in [5.74, 6) is -0.470. The third-order valence-electron chi connectivity index (χ3n) is 9.27. The van der Waals surface area contributed by atoms with Gasteiger partial charge in [0.05, 0.1) is 0 Å². The number of barbiturate groups is 1. The maximum atomic E-state index is 14.8. The van der Waals surface area contributed by atoms with Crippen molar-refractivity contribution >= 4 is 36.2 Å². The number of unbranched alkanes of at least 4 members (excludes halogenated alkanes) is 8. The molecule has 4 rings (SSSR count). The summed E-state index contributed by atoms with van der Waals surface area (Å²) in [4.78, 5) is 46.4. The van der Waals surface area contributed by atoms with Crippen LogP contribution < -0.4 is 0 Å². The number of urea groups is 1. The molecule has 1 saturated heterocycles. The van der Waals surface area contributed by atoms with Gasteiger partial charge in [-0.1, -0.05) is 0 Å². The minimum atomic E-state index is -4.00. The van der Waals surface area contributed by atoms with E-state index < -0.39 is 28.3 Å². The molecular weight excluding hydrogens is 663 g/mol. The molecule has 0 unspecified atom stereocenters. The zero-order valence-corrected chi connectivity index (χ0v) is 30.3. The standard InChI is InChI=1S/C18H31N2O3.3C7H7.Sn/c1-3-5-7-9-11-13-19-16(21)15-17(22)20(18(19)23)14-12-10-8-6-4-2;3*1-7-5-3-2-4-6-7;/h15H,3-14H2,1-2H3;3*2-6H,1H2;. The van der Waals surface area contributed by atoms with Crippen molar-refractivity contribution in [2.45, 2.75) is 95.3 Å². The molecule has 0 spiro atoms. The zero-order chi connectivity index (χ0) is 31.9. The van der Waals surface area contributed by atoms with Crippen molar-refractivity contribution in [3.8, 4) is 0 Å². The molecule has 0 saturated carbocycles. The summed E-state index contributed by atoms with van der Waals surface area (Å²) in [5.41, 5.74) is 3.53. The van der Waals surface area contributed by atoms with E-state index in [1.807, 2.05) is 18.2 Å². The first-order chi connectivity index (χ1) is 22.0. The molecule has 0 bridgehead atoms. The molecule has 4 amide bonds. The minimum absolute atomic E-state index is 0.235. The number of nitrogens with zero attached hydrogens (tertiary/aromatic N) is 2. The number of amides is 4. The summed E-state index contributed by atoms with van der Waals surface area (Å²) in [6.45, 7) is 5.15. The van der Waals surface area contributed by atoms with Gasteiger partial charge in [-0.15, -0.1) is 0 Å². The quantitative estimate of drug-likeness (QED) is 0.0708. The second-order valence-corrected chi connectivity index (χ2v) is 25.3. The molecule has 6 heteroatoms. The topological polar surface area (TPSA) is 57.7 Å². The molecule has 0 radical (unpaired) electrons. The van der Waals surface area contributed by atoms with Crippen molar-refractivity contribution in [1.82, 2.24) is 9.80 Å². The summed E-state index contributed by atoms with van der Waals surface area (Å²) in [6, 6.07) is 30.8. The Morgan fingerprint density at radius 3 is 1.16 bits per heavy atom. The van der Waals surface area contributed by atoms with E-state index in [1.54, 1.807) is 0 Å². The fraction of sp³-hybridized carbons (Fsp3) is 0.462. The van der Waals surface area contributed by atoms with Crippen molar-refractivity contribution in [2.75, 3.05) is 13.1 Å². The monoisotopic (exact) mass is 716 g/mol. The van der Waals surface area contributed by atoms with Gasteiger partial charge in [0, 0.05) is 0 Å². The molecular formula is C39H52N2O3Sn. The van der Waals surface area contributed by atoms with Crippen LogP contribution in [0, 0.1) is 0 Å². The van der Waals surface area contributed by atoms with Gasteiger partial charge in [-0.2, -0.15) is 0 Å². The fourth-order valence-corrected chi connectivity index (χ4v) is 22.6. The van der Waals surface area contributed by atoms with Gasteiger partial charge in [-0.3, -0.25) is 0 Å². The van der Waals surface area contributed by atoms with Crippen LogP contribution in [0.4, 0.5) is 4.79 Å². The van der Waals surface area contributed by atoms with Gasteiger partial charge >= 0.3 is 276 Å². The van der Waals surface area contributed by atoms with Gasteiger partial charge < -0.3 is 0 Å². The molecule has 0 aromatic heterocycles. The Hall–Kier alpha value is -2.93. The van der Waals surface area contributed by atoms with E-state index in [0.29, 0.717) is 13.1 Å².